The Morgan fingerprint density at radius 2 is 0.879 bits per heavy atom. The molecule has 0 spiro atoms. The molecule has 4 nitrogen and oxygen atoms in total. The second-order valence-corrected chi connectivity index (χ2v) is 25.1. The second-order valence-electron chi connectivity index (χ2n) is 25.1. The molecule has 0 aromatic heterocycles. The van der Waals surface area contributed by atoms with E-state index in [1.807, 2.05) is 0 Å². The Morgan fingerprint density at radius 1 is 0.500 bits per heavy atom. The fourth-order valence-electron chi connectivity index (χ4n) is 18.4. The molecule has 0 aliphatic heterocycles. The zero-order valence-electron chi connectivity index (χ0n) is 39.5. The van der Waals surface area contributed by atoms with Crippen LogP contribution >= 0.6 is 0 Å². The number of aliphatic hydroxyl groups excluding tert-OH is 2. The maximum atomic E-state index is 13.2. The third-order valence-electron chi connectivity index (χ3n) is 21.1. The van der Waals surface area contributed by atoms with Gasteiger partial charge in [-0.1, -0.05) is 133 Å². The topological polar surface area (TPSA) is 74.6 Å². The van der Waals surface area contributed by atoms with Crippen molar-refractivity contribution in [3.8, 4) is 0 Å². The molecule has 8 aliphatic carbocycles. The summed E-state index contributed by atoms with van der Waals surface area (Å²) in [5.41, 5.74) is 0.947. The minimum atomic E-state index is -0.162. The van der Waals surface area contributed by atoms with E-state index >= 15 is 0 Å². The van der Waals surface area contributed by atoms with Crippen LogP contribution in [0.1, 0.15) is 210 Å². The minimum Gasteiger partial charge on any atom is -0.393 e. The van der Waals surface area contributed by atoms with Crippen molar-refractivity contribution in [2.75, 3.05) is 0 Å². The van der Waals surface area contributed by atoms with E-state index < -0.39 is 0 Å². The predicted octanol–water partition coefficient (Wildman–Crippen LogP) is 13.3. The Balaban J connectivity index is 0.000000177. The van der Waals surface area contributed by atoms with Crippen LogP contribution in [-0.2, 0) is 9.59 Å². The molecular formula is C54H92O4. The largest absolute Gasteiger partial charge is 0.393 e. The van der Waals surface area contributed by atoms with E-state index in [0.29, 0.717) is 82.6 Å². The van der Waals surface area contributed by atoms with Gasteiger partial charge in [0.2, 0.25) is 0 Å². The summed E-state index contributed by atoms with van der Waals surface area (Å²) >= 11 is 0. The number of hydrogen-bond donors (Lipinski definition) is 2. The standard InChI is InChI=1S/2C27H46O2/c2*1-17(2)9-8-10-18(3)25-24(29)16-22-19-15-23(28)21-11-6-7-13-26(21,4)20(19)12-14-27(22,25)5/h2*17-22,24-25,29H,6-16H2,1-5H3/t2*18-,19-,20+,21?,22+,24?,25+,26-,27+/m11/s1. The molecule has 2 N–H and O–H groups in total. The lowest BCUT2D eigenvalue weighted by Gasteiger charge is -2.60. The quantitative estimate of drug-likeness (QED) is 0.231. The van der Waals surface area contributed by atoms with Crippen LogP contribution in [0.2, 0.25) is 0 Å². The fraction of sp³-hybridized carbons (Fsp3) is 0.963. The number of Topliss-reactive ketones (excluding diaryl/α,β-unsaturated/α-hetero) is 2. The Morgan fingerprint density at radius 3 is 1.24 bits per heavy atom. The van der Waals surface area contributed by atoms with Crippen LogP contribution in [0, 0.1) is 105 Å². The highest BCUT2D eigenvalue weighted by Crippen LogP contribution is 2.69. The third-order valence-corrected chi connectivity index (χ3v) is 21.1. The highest BCUT2D eigenvalue weighted by molar-refractivity contribution is 5.84. The zero-order chi connectivity index (χ0) is 41.9. The molecule has 8 aliphatic rings. The maximum Gasteiger partial charge on any atom is 0.136 e. The molecule has 58 heavy (non-hydrogen) atoms. The van der Waals surface area contributed by atoms with E-state index in [1.54, 1.807) is 0 Å². The van der Waals surface area contributed by atoms with Crippen molar-refractivity contribution in [1.29, 1.82) is 0 Å². The highest BCUT2D eigenvalue weighted by atomic mass is 16.3. The molecule has 332 valence electrons. The van der Waals surface area contributed by atoms with Crippen LogP contribution in [0.5, 0.6) is 0 Å². The fourth-order valence-corrected chi connectivity index (χ4v) is 18.4. The van der Waals surface area contributed by atoms with Crippen molar-refractivity contribution in [3.05, 3.63) is 0 Å². The molecule has 0 aromatic carbocycles. The molecular weight excluding hydrogens is 713 g/mol. The Kier molecular flexibility index (Phi) is 13.6. The van der Waals surface area contributed by atoms with E-state index in [-0.39, 0.29) is 33.9 Å². The number of carbonyl (C=O) groups is 2. The molecule has 0 amide bonds. The number of fused-ring (bicyclic) bond motifs is 10. The molecule has 0 heterocycles. The molecule has 0 aromatic rings. The van der Waals surface area contributed by atoms with Crippen LogP contribution in [-0.4, -0.2) is 34.0 Å². The number of carbonyl (C=O) groups excluding carboxylic acids is 2. The Hall–Kier alpha value is -0.740. The number of ketones is 2. The summed E-state index contributed by atoms with van der Waals surface area (Å²) < 4.78 is 0. The molecule has 0 saturated heterocycles. The van der Waals surface area contributed by atoms with Crippen molar-refractivity contribution in [2.45, 2.75) is 223 Å². The maximum absolute atomic E-state index is 13.2. The van der Waals surface area contributed by atoms with Gasteiger partial charge < -0.3 is 10.2 Å². The number of aliphatic hydroxyl groups is 2. The summed E-state index contributed by atoms with van der Waals surface area (Å²) in [7, 11) is 0. The average molecular weight is 805 g/mol. The van der Waals surface area contributed by atoms with Crippen molar-refractivity contribution in [1.82, 2.24) is 0 Å². The van der Waals surface area contributed by atoms with Crippen molar-refractivity contribution < 1.29 is 19.8 Å². The average Bonchev–Trinajstić information content (AvgIpc) is 3.59. The van der Waals surface area contributed by atoms with Gasteiger partial charge in [-0.3, -0.25) is 9.59 Å². The van der Waals surface area contributed by atoms with Gasteiger partial charge >= 0.3 is 0 Å². The minimum absolute atomic E-state index is 0.162. The first kappa shape index (κ1) is 45.3. The van der Waals surface area contributed by atoms with Gasteiger partial charge in [-0.25, -0.2) is 0 Å². The van der Waals surface area contributed by atoms with Gasteiger partial charge in [-0.15, -0.1) is 0 Å². The normalized spacial score (nSPS) is 48.2. The lowest BCUT2D eigenvalue weighted by molar-refractivity contribution is -0.155. The first-order chi connectivity index (χ1) is 27.4. The van der Waals surface area contributed by atoms with Gasteiger partial charge in [0.25, 0.3) is 0 Å². The zero-order valence-corrected chi connectivity index (χ0v) is 39.5. The predicted molar refractivity (Wildman–Crippen MR) is 239 cm³/mol. The van der Waals surface area contributed by atoms with E-state index in [0.717, 1.165) is 50.4 Å². The molecule has 4 heteroatoms. The number of rotatable bonds is 10. The lowest BCUT2D eigenvalue weighted by Crippen LogP contribution is -2.56. The first-order valence-electron chi connectivity index (χ1n) is 25.8. The molecule has 8 fully saturated rings. The molecule has 0 radical (unpaired) electrons. The highest BCUT2D eigenvalue weighted by Gasteiger charge is 2.65. The van der Waals surface area contributed by atoms with Gasteiger partial charge in [0.1, 0.15) is 11.6 Å². The van der Waals surface area contributed by atoms with Crippen LogP contribution in [0.3, 0.4) is 0 Å². The van der Waals surface area contributed by atoms with Crippen LogP contribution in [0.15, 0.2) is 0 Å². The molecule has 8 saturated carbocycles. The van der Waals surface area contributed by atoms with Crippen molar-refractivity contribution >= 4 is 11.6 Å². The summed E-state index contributed by atoms with van der Waals surface area (Å²) in [6, 6.07) is 0. The van der Waals surface area contributed by atoms with Gasteiger partial charge in [0.05, 0.1) is 12.2 Å². The molecule has 0 bridgehead atoms. The van der Waals surface area contributed by atoms with Crippen molar-refractivity contribution in [2.24, 2.45) is 105 Å². The summed E-state index contributed by atoms with van der Waals surface area (Å²) in [6.45, 7) is 24.0. The molecule has 4 unspecified atom stereocenters. The summed E-state index contributed by atoms with van der Waals surface area (Å²) in [5, 5.41) is 22.5. The van der Waals surface area contributed by atoms with E-state index in [2.05, 4.69) is 69.2 Å². The molecule has 8 rings (SSSR count). The third kappa shape index (κ3) is 7.93. The van der Waals surface area contributed by atoms with Crippen LogP contribution in [0.25, 0.3) is 0 Å². The second kappa shape index (κ2) is 17.4. The Bertz CT molecular complexity index is 1330. The summed E-state index contributed by atoms with van der Waals surface area (Å²) in [6.07, 6.45) is 25.9. The van der Waals surface area contributed by atoms with E-state index in [4.69, 9.17) is 0 Å². The van der Waals surface area contributed by atoms with Crippen LogP contribution < -0.4 is 0 Å². The monoisotopic (exact) mass is 805 g/mol. The van der Waals surface area contributed by atoms with Gasteiger partial charge in [-0.2, -0.15) is 0 Å². The molecule has 18 atom stereocenters. The first-order valence-corrected chi connectivity index (χ1v) is 25.8. The van der Waals surface area contributed by atoms with Crippen molar-refractivity contribution in [3.63, 3.8) is 0 Å². The smallest absolute Gasteiger partial charge is 0.136 e. The summed E-state index contributed by atoms with van der Waals surface area (Å²) in [5.74, 6) is 8.97. The van der Waals surface area contributed by atoms with E-state index in [9.17, 15) is 19.8 Å². The van der Waals surface area contributed by atoms with Gasteiger partial charge in [-0.05, 0) is 157 Å². The SMILES string of the molecule is CC(C)CCC[C@@H](C)[C@H]1C(O)C[C@H]2[C@@H]3CC(=O)C4CCCC[C@]4(C)[C@H]3CC[C@]12C.CC(C)CCC[C@@H](C)[C@H]1C(O)C[C@H]2[C@@H]3CC(=O)C4CCCC[C@]4(C)[C@H]3CC[C@]12C. The van der Waals surface area contributed by atoms with E-state index in [1.165, 1.54) is 103 Å². The lowest BCUT2D eigenvalue weighted by atomic mass is 9.44. The Labute approximate surface area is 357 Å². The number of hydrogen-bond acceptors (Lipinski definition) is 4. The van der Waals surface area contributed by atoms with Crippen LogP contribution in [0.4, 0.5) is 0 Å². The van der Waals surface area contributed by atoms with Gasteiger partial charge in [0, 0.05) is 24.7 Å². The summed E-state index contributed by atoms with van der Waals surface area (Å²) in [4.78, 5) is 26.4. The van der Waals surface area contributed by atoms with Gasteiger partial charge in [0.15, 0.2) is 0 Å².